The van der Waals surface area contributed by atoms with Gasteiger partial charge in [0.1, 0.15) is 5.82 Å². The van der Waals surface area contributed by atoms with E-state index in [1.165, 1.54) is 63.4 Å². The maximum absolute atomic E-state index is 15.1. The smallest absolute Gasteiger partial charge is 0.170 e. The van der Waals surface area contributed by atoms with Gasteiger partial charge in [-0.15, -0.1) is 0 Å². The summed E-state index contributed by atoms with van der Waals surface area (Å²) in [6, 6.07) is 12.8. The Kier molecular flexibility index (Phi) is 10.1. The largest absolute Gasteiger partial charge is 0.206 e. The molecule has 0 radical (unpaired) electrons. The molecule has 1 fully saturated rings. The minimum absolute atomic E-state index is 0.191. The molecule has 37 heavy (non-hydrogen) atoms. The van der Waals surface area contributed by atoms with E-state index in [0.717, 1.165) is 37.5 Å². The van der Waals surface area contributed by atoms with Crippen LogP contribution in [0.1, 0.15) is 102 Å². The number of hydrogen-bond donors (Lipinski definition) is 0. The van der Waals surface area contributed by atoms with Gasteiger partial charge in [0.15, 0.2) is 11.6 Å². The van der Waals surface area contributed by atoms with Crippen LogP contribution in [0.3, 0.4) is 0 Å². The zero-order valence-corrected chi connectivity index (χ0v) is 22.7. The van der Waals surface area contributed by atoms with Crippen LogP contribution < -0.4 is 0 Å². The molecule has 0 saturated heterocycles. The van der Waals surface area contributed by atoms with Crippen molar-refractivity contribution >= 4 is 10.8 Å². The summed E-state index contributed by atoms with van der Waals surface area (Å²) >= 11 is 0. The van der Waals surface area contributed by atoms with Gasteiger partial charge >= 0.3 is 0 Å². The quantitative estimate of drug-likeness (QED) is 0.213. The van der Waals surface area contributed by atoms with Gasteiger partial charge in [0.25, 0.3) is 0 Å². The monoisotopic (exact) mass is 508 g/mol. The van der Waals surface area contributed by atoms with Crippen LogP contribution in [0.2, 0.25) is 0 Å². The summed E-state index contributed by atoms with van der Waals surface area (Å²) in [5, 5.41) is 0.173. The molecule has 3 aromatic carbocycles. The second-order valence-electron chi connectivity index (χ2n) is 11.3. The molecule has 4 rings (SSSR count). The zero-order chi connectivity index (χ0) is 26.2. The molecule has 1 aliphatic rings. The van der Waals surface area contributed by atoms with Gasteiger partial charge in [-0.3, -0.25) is 0 Å². The highest BCUT2D eigenvalue weighted by Crippen LogP contribution is 2.36. The molecule has 0 unspecified atom stereocenters. The fraction of sp³-hybridized carbons (Fsp3) is 0.529. The molecule has 0 N–H and O–H groups in total. The highest BCUT2D eigenvalue weighted by Gasteiger charge is 2.21. The van der Waals surface area contributed by atoms with Crippen molar-refractivity contribution in [2.24, 2.45) is 11.8 Å². The topological polar surface area (TPSA) is 0 Å². The Labute approximate surface area is 221 Å². The lowest BCUT2D eigenvalue weighted by Crippen LogP contribution is -2.15. The summed E-state index contributed by atoms with van der Waals surface area (Å²) in [5.74, 6) is -0.949. The van der Waals surface area contributed by atoms with Crippen LogP contribution in [0.25, 0.3) is 21.9 Å². The lowest BCUT2D eigenvalue weighted by Gasteiger charge is -2.28. The third-order valence-corrected chi connectivity index (χ3v) is 8.54. The van der Waals surface area contributed by atoms with E-state index in [1.807, 2.05) is 24.3 Å². The van der Waals surface area contributed by atoms with Gasteiger partial charge in [-0.25, -0.2) is 13.2 Å². The highest BCUT2D eigenvalue weighted by molar-refractivity contribution is 5.89. The average Bonchev–Trinajstić information content (AvgIpc) is 2.92. The molecule has 0 aliphatic heterocycles. The Bertz CT molecular complexity index is 1140. The maximum Gasteiger partial charge on any atom is 0.170 e. The highest BCUT2D eigenvalue weighted by atomic mass is 19.2. The first-order valence-corrected chi connectivity index (χ1v) is 14.7. The van der Waals surface area contributed by atoms with E-state index in [1.54, 1.807) is 18.2 Å². The van der Waals surface area contributed by atoms with Gasteiger partial charge < -0.3 is 0 Å². The van der Waals surface area contributed by atoms with Crippen molar-refractivity contribution in [1.29, 1.82) is 0 Å². The number of unbranched alkanes of at least 4 members (excludes halogenated alkanes) is 4. The summed E-state index contributed by atoms with van der Waals surface area (Å²) in [7, 11) is 0. The van der Waals surface area contributed by atoms with Crippen LogP contribution in [0.4, 0.5) is 13.2 Å². The summed E-state index contributed by atoms with van der Waals surface area (Å²) in [6.07, 6.45) is 16.5. The predicted molar refractivity (Wildman–Crippen MR) is 150 cm³/mol. The van der Waals surface area contributed by atoms with E-state index in [9.17, 15) is 0 Å². The van der Waals surface area contributed by atoms with Gasteiger partial charge in [0.05, 0.1) is 5.39 Å². The fourth-order valence-electron chi connectivity index (χ4n) is 6.11. The predicted octanol–water partition coefficient (Wildman–Crippen LogP) is 11.0. The standard InChI is InChI=1S/C34H43F3/c1-3-5-7-9-24-11-13-25(14-12-24)15-16-26-17-19-27(20-18-26)30-23-29-22-21-28(10-8-6-4-2)32(35)31(29)34(37)33(30)36/h17-25H,3-16H2,1-2H3. The van der Waals surface area contributed by atoms with Crippen LogP contribution in [-0.4, -0.2) is 0 Å². The molecule has 3 aromatic rings. The number of rotatable bonds is 12. The Morgan fingerprint density at radius 2 is 1.30 bits per heavy atom. The molecule has 0 amide bonds. The van der Waals surface area contributed by atoms with Crippen molar-refractivity contribution in [3.63, 3.8) is 0 Å². The fourth-order valence-corrected chi connectivity index (χ4v) is 6.11. The molecule has 0 spiro atoms. The Balaban J connectivity index is 1.39. The van der Waals surface area contributed by atoms with Gasteiger partial charge in [0.2, 0.25) is 0 Å². The second-order valence-corrected chi connectivity index (χ2v) is 11.3. The van der Waals surface area contributed by atoms with Gasteiger partial charge in [-0.1, -0.05) is 114 Å². The van der Waals surface area contributed by atoms with Crippen LogP contribution in [-0.2, 0) is 12.8 Å². The molecule has 1 aliphatic carbocycles. The van der Waals surface area contributed by atoms with Crippen molar-refractivity contribution in [2.75, 3.05) is 0 Å². The molecule has 0 nitrogen and oxygen atoms in total. The molecular weight excluding hydrogens is 465 g/mol. The summed E-state index contributed by atoms with van der Waals surface area (Å²) in [5.41, 5.74) is 2.51. The number of aryl methyl sites for hydroxylation is 2. The SMILES string of the molecule is CCCCCc1ccc2cc(-c3ccc(CCC4CCC(CCCCC)CC4)cc3)c(F)c(F)c2c1F. The van der Waals surface area contributed by atoms with E-state index >= 15 is 13.2 Å². The van der Waals surface area contributed by atoms with Crippen molar-refractivity contribution < 1.29 is 13.2 Å². The van der Waals surface area contributed by atoms with Crippen molar-refractivity contribution in [1.82, 2.24) is 0 Å². The number of fused-ring (bicyclic) bond motifs is 1. The molecule has 0 aromatic heterocycles. The number of hydrogen-bond acceptors (Lipinski definition) is 0. The summed E-state index contributed by atoms with van der Waals surface area (Å²) in [4.78, 5) is 0. The minimum atomic E-state index is -1.09. The molecule has 0 atom stereocenters. The van der Waals surface area contributed by atoms with E-state index in [4.69, 9.17) is 0 Å². The van der Waals surface area contributed by atoms with Crippen molar-refractivity contribution in [3.05, 3.63) is 71.0 Å². The zero-order valence-electron chi connectivity index (χ0n) is 22.7. The first-order chi connectivity index (χ1) is 18.0. The lowest BCUT2D eigenvalue weighted by molar-refractivity contribution is 0.249. The van der Waals surface area contributed by atoms with E-state index < -0.39 is 17.5 Å². The van der Waals surface area contributed by atoms with E-state index in [2.05, 4.69) is 13.8 Å². The molecule has 0 heterocycles. The molecular formula is C34H43F3. The van der Waals surface area contributed by atoms with Gasteiger partial charge in [-0.2, -0.15) is 0 Å². The Hall–Kier alpha value is -2.29. The average molecular weight is 509 g/mol. The Morgan fingerprint density at radius 3 is 1.97 bits per heavy atom. The molecule has 0 bridgehead atoms. The van der Waals surface area contributed by atoms with Gasteiger partial charge in [0, 0.05) is 5.56 Å². The number of benzene rings is 3. The first kappa shape index (κ1) is 27.7. The lowest BCUT2D eigenvalue weighted by atomic mass is 9.78. The van der Waals surface area contributed by atoms with Crippen LogP contribution in [0.15, 0.2) is 42.5 Å². The summed E-state index contributed by atoms with van der Waals surface area (Å²) < 4.78 is 45.2. The minimum Gasteiger partial charge on any atom is -0.206 e. The van der Waals surface area contributed by atoms with Gasteiger partial charge in [-0.05, 0) is 65.7 Å². The van der Waals surface area contributed by atoms with Crippen LogP contribution >= 0.6 is 0 Å². The number of halogens is 3. The van der Waals surface area contributed by atoms with E-state index in [0.29, 0.717) is 22.9 Å². The third-order valence-electron chi connectivity index (χ3n) is 8.54. The van der Waals surface area contributed by atoms with E-state index in [-0.39, 0.29) is 10.9 Å². The molecule has 200 valence electrons. The van der Waals surface area contributed by atoms with Crippen LogP contribution in [0, 0.1) is 29.3 Å². The first-order valence-electron chi connectivity index (χ1n) is 14.7. The summed E-state index contributed by atoms with van der Waals surface area (Å²) in [6.45, 7) is 4.35. The van der Waals surface area contributed by atoms with Crippen molar-refractivity contribution in [2.45, 2.75) is 104 Å². The maximum atomic E-state index is 15.1. The second kappa shape index (κ2) is 13.5. The Morgan fingerprint density at radius 1 is 0.649 bits per heavy atom. The normalized spacial score (nSPS) is 18.0. The third kappa shape index (κ3) is 6.98. The van der Waals surface area contributed by atoms with Crippen LogP contribution in [0.5, 0.6) is 0 Å². The molecule has 1 saturated carbocycles. The molecule has 3 heteroatoms. The van der Waals surface area contributed by atoms with Crippen molar-refractivity contribution in [3.8, 4) is 11.1 Å².